The average Bonchev–Trinajstić information content (AvgIpc) is 3.01. The third-order valence-corrected chi connectivity index (χ3v) is 8.03. The summed E-state index contributed by atoms with van der Waals surface area (Å²) in [6.07, 6.45) is 10.2. The van der Waals surface area contributed by atoms with Crippen LogP contribution >= 0.6 is 0 Å². The van der Waals surface area contributed by atoms with Gasteiger partial charge in [0.05, 0.1) is 0 Å². The summed E-state index contributed by atoms with van der Waals surface area (Å²) < 4.78 is 19.9. The second-order valence-electron chi connectivity index (χ2n) is 9.53. The first-order valence-corrected chi connectivity index (χ1v) is 10.5. The smallest absolute Gasteiger partial charge is 0.210 e. The van der Waals surface area contributed by atoms with Crippen LogP contribution in [0.4, 0.5) is 4.39 Å². The molecule has 0 aromatic heterocycles. The molecule has 140 valence electrons. The highest BCUT2D eigenvalue weighted by Gasteiger charge is 2.66. The standard InChI is InChI=1S/C22H27FO3/c23-20-3-1-16(2-4-20)17-5-7-21(8-6-17)24-22(26-25-21)18-10-14-9-15(12-18)13-19(22)11-14/h1-4,14-15,17-19H,5-13H2. The molecule has 0 unspecified atom stereocenters. The second kappa shape index (κ2) is 5.52. The molecule has 1 saturated heterocycles. The van der Waals surface area contributed by atoms with Gasteiger partial charge in [-0.25, -0.2) is 4.39 Å². The van der Waals surface area contributed by atoms with Gasteiger partial charge in [-0.05, 0) is 80.4 Å². The third kappa shape index (κ3) is 2.28. The number of hydrogen-bond donors (Lipinski definition) is 0. The Hall–Kier alpha value is -0.970. The van der Waals surface area contributed by atoms with Crippen LogP contribution in [0.2, 0.25) is 0 Å². The zero-order valence-corrected chi connectivity index (χ0v) is 15.2. The summed E-state index contributed by atoms with van der Waals surface area (Å²) >= 11 is 0. The highest BCUT2D eigenvalue weighted by Crippen LogP contribution is 2.64. The lowest BCUT2D eigenvalue weighted by Crippen LogP contribution is -2.59. The van der Waals surface area contributed by atoms with Crippen LogP contribution in [-0.2, 0) is 14.5 Å². The summed E-state index contributed by atoms with van der Waals surface area (Å²) in [5.41, 5.74) is 1.23. The Bertz CT molecular complexity index is 664. The molecule has 4 bridgehead atoms. The molecule has 1 aromatic carbocycles. The van der Waals surface area contributed by atoms with Crippen LogP contribution < -0.4 is 0 Å². The second-order valence-corrected chi connectivity index (χ2v) is 9.53. The van der Waals surface area contributed by atoms with E-state index in [1.54, 1.807) is 12.1 Å². The molecular weight excluding hydrogens is 331 g/mol. The summed E-state index contributed by atoms with van der Waals surface area (Å²) in [6, 6.07) is 6.97. The van der Waals surface area contributed by atoms with Gasteiger partial charge < -0.3 is 4.74 Å². The van der Waals surface area contributed by atoms with Crippen molar-refractivity contribution in [2.24, 2.45) is 23.7 Å². The zero-order chi connectivity index (χ0) is 17.4. The van der Waals surface area contributed by atoms with Gasteiger partial charge in [0.15, 0.2) is 0 Å². The van der Waals surface area contributed by atoms with E-state index in [4.69, 9.17) is 14.5 Å². The molecule has 3 nitrogen and oxygen atoms in total. The Balaban J connectivity index is 1.18. The predicted molar refractivity (Wildman–Crippen MR) is 93.4 cm³/mol. The van der Waals surface area contributed by atoms with Crippen molar-refractivity contribution in [2.75, 3.05) is 0 Å². The first-order chi connectivity index (χ1) is 12.6. The van der Waals surface area contributed by atoms with Gasteiger partial charge in [-0.2, -0.15) is 9.78 Å². The molecular formula is C22H27FO3. The van der Waals surface area contributed by atoms with Crippen molar-refractivity contribution in [3.8, 4) is 0 Å². The maximum atomic E-state index is 13.2. The van der Waals surface area contributed by atoms with Gasteiger partial charge in [-0.15, -0.1) is 0 Å². The topological polar surface area (TPSA) is 27.7 Å². The molecule has 5 saturated carbocycles. The minimum atomic E-state index is -0.550. The third-order valence-electron chi connectivity index (χ3n) is 8.03. The van der Waals surface area contributed by atoms with E-state index in [0.717, 1.165) is 37.5 Å². The van der Waals surface area contributed by atoms with Gasteiger partial charge in [0.1, 0.15) is 5.82 Å². The van der Waals surface area contributed by atoms with Crippen molar-refractivity contribution >= 4 is 0 Å². The van der Waals surface area contributed by atoms with Crippen LogP contribution in [0.5, 0.6) is 0 Å². The van der Waals surface area contributed by atoms with Crippen molar-refractivity contribution in [1.82, 2.24) is 0 Å². The Morgan fingerprint density at radius 3 is 2.04 bits per heavy atom. The van der Waals surface area contributed by atoms with Gasteiger partial charge in [0.25, 0.3) is 0 Å². The number of hydrogen-bond acceptors (Lipinski definition) is 3. The van der Waals surface area contributed by atoms with Gasteiger partial charge >= 0.3 is 0 Å². The molecule has 7 rings (SSSR count). The Labute approximate surface area is 154 Å². The molecule has 1 aromatic rings. The monoisotopic (exact) mass is 358 g/mol. The maximum Gasteiger partial charge on any atom is 0.210 e. The van der Waals surface area contributed by atoms with Crippen LogP contribution in [0.25, 0.3) is 0 Å². The lowest BCUT2D eigenvalue weighted by Gasteiger charge is -2.57. The quantitative estimate of drug-likeness (QED) is 0.637. The van der Waals surface area contributed by atoms with E-state index in [2.05, 4.69) is 0 Å². The molecule has 26 heavy (non-hydrogen) atoms. The van der Waals surface area contributed by atoms with E-state index in [0.29, 0.717) is 17.8 Å². The van der Waals surface area contributed by atoms with Crippen molar-refractivity contribution in [3.05, 3.63) is 35.6 Å². The van der Waals surface area contributed by atoms with Gasteiger partial charge in [-0.3, -0.25) is 0 Å². The maximum absolute atomic E-state index is 13.2. The molecule has 6 fully saturated rings. The fourth-order valence-corrected chi connectivity index (χ4v) is 6.92. The van der Waals surface area contributed by atoms with E-state index in [1.807, 2.05) is 12.1 Å². The summed E-state index contributed by atoms with van der Waals surface area (Å²) in [5, 5.41) is 0. The first-order valence-electron chi connectivity index (χ1n) is 10.5. The lowest BCUT2D eigenvalue weighted by molar-refractivity contribution is -0.390. The van der Waals surface area contributed by atoms with E-state index in [9.17, 15) is 4.39 Å². The summed E-state index contributed by atoms with van der Waals surface area (Å²) in [6.45, 7) is 0. The molecule has 6 aliphatic rings. The fraction of sp³-hybridized carbons (Fsp3) is 0.727. The SMILES string of the molecule is Fc1ccc(C2CCC3(CC2)OOC2(O3)C3CC4CC(C3)CC2C4)cc1. The van der Waals surface area contributed by atoms with Crippen LogP contribution in [0.15, 0.2) is 24.3 Å². The molecule has 0 N–H and O–H groups in total. The molecule has 0 radical (unpaired) electrons. The summed E-state index contributed by atoms with van der Waals surface area (Å²) in [5.74, 6) is 2.11. The zero-order valence-electron chi connectivity index (χ0n) is 15.2. The lowest BCUT2D eigenvalue weighted by atomic mass is 9.53. The van der Waals surface area contributed by atoms with E-state index < -0.39 is 11.6 Å². The van der Waals surface area contributed by atoms with Crippen molar-refractivity contribution in [3.63, 3.8) is 0 Å². The first kappa shape index (κ1) is 16.0. The molecule has 1 aliphatic heterocycles. The predicted octanol–water partition coefficient (Wildman–Crippen LogP) is 5.31. The van der Waals surface area contributed by atoms with Crippen LogP contribution in [0, 0.1) is 29.5 Å². The Morgan fingerprint density at radius 1 is 0.808 bits per heavy atom. The fourth-order valence-electron chi connectivity index (χ4n) is 6.92. The van der Waals surface area contributed by atoms with E-state index in [-0.39, 0.29) is 5.82 Å². The average molecular weight is 358 g/mol. The molecule has 4 heteroatoms. The summed E-state index contributed by atoms with van der Waals surface area (Å²) in [4.78, 5) is 12.1. The van der Waals surface area contributed by atoms with Crippen molar-refractivity contribution in [2.45, 2.75) is 75.3 Å². The van der Waals surface area contributed by atoms with E-state index in [1.165, 1.54) is 37.7 Å². The van der Waals surface area contributed by atoms with Crippen LogP contribution in [0.1, 0.15) is 69.3 Å². The molecule has 2 spiro atoms. The minimum Gasteiger partial charge on any atom is -0.312 e. The molecule has 0 atom stereocenters. The highest BCUT2D eigenvalue weighted by atomic mass is 19.1. The minimum absolute atomic E-state index is 0.166. The normalized spacial score (nSPS) is 49.3. The van der Waals surface area contributed by atoms with Crippen LogP contribution in [-0.4, -0.2) is 11.6 Å². The summed E-state index contributed by atoms with van der Waals surface area (Å²) in [7, 11) is 0. The van der Waals surface area contributed by atoms with Gasteiger partial charge in [0.2, 0.25) is 11.6 Å². The number of halogens is 1. The number of benzene rings is 1. The molecule has 5 aliphatic carbocycles. The van der Waals surface area contributed by atoms with Crippen molar-refractivity contribution in [1.29, 1.82) is 0 Å². The van der Waals surface area contributed by atoms with E-state index >= 15 is 0 Å². The highest BCUT2D eigenvalue weighted by molar-refractivity contribution is 5.21. The number of ether oxygens (including phenoxy) is 1. The van der Waals surface area contributed by atoms with Crippen molar-refractivity contribution < 1.29 is 18.9 Å². The Morgan fingerprint density at radius 2 is 1.42 bits per heavy atom. The Kier molecular flexibility index (Phi) is 3.41. The largest absolute Gasteiger partial charge is 0.312 e. The molecule has 0 amide bonds. The number of rotatable bonds is 1. The van der Waals surface area contributed by atoms with Gasteiger partial charge in [0, 0.05) is 24.7 Å². The molecule has 1 heterocycles. The van der Waals surface area contributed by atoms with Crippen LogP contribution in [0.3, 0.4) is 0 Å². The van der Waals surface area contributed by atoms with Gasteiger partial charge in [-0.1, -0.05) is 12.1 Å².